The summed E-state index contributed by atoms with van der Waals surface area (Å²) in [5, 5.41) is 13.4. The molecule has 2 aliphatic rings. The van der Waals surface area contributed by atoms with E-state index in [1.807, 2.05) is 0 Å². The van der Waals surface area contributed by atoms with Gasteiger partial charge in [0, 0.05) is 43.3 Å². The Hall–Kier alpha value is -4.48. The molecule has 36 heavy (non-hydrogen) atoms. The smallest absolute Gasteiger partial charge is 0.257 e. The summed E-state index contributed by atoms with van der Waals surface area (Å²) in [5.41, 5.74) is 1.93. The van der Waals surface area contributed by atoms with Gasteiger partial charge in [0.05, 0.1) is 25.6 Å². The monoisotopic (exact) mass is 495 g/mol. The maximum Gasteiger partial charge on any atom is 0.257 e. The SMILES string of the molecule is CNC(=O)COc1c(OC)cc(N=Nc2cccc3c2CN(C2CCC(=O)NC2=O)C3=O)cc1OC. The highest BCUT2D eigenvalue weighted by Crippen LogP contribution is 2.42. The van der Waals surface area contributed by atoms with E-state index in [4.69, 9.17) is 14.2 Å². The molecule has 1 fully saturated rings. The fourth-order valence-corrected chi connectivity index (χ4v) is 4.05. The van der Waals surface area contributed by atoms with Gasteiger partial charge in [-0.2, -0.15) is 10.2 Å². The topological polar surface area (TPSA) is 148 Å². The van der Waals surface area contributed by atoms with Crippen LogP contribution in [0.15, 0.2) is 40.6 Å². The zero-order chi connectivity index (χ0) is 25.8. The zero-order valence-corrected chi connectivity index (χ0v) is 20.0. The van der Waals surface area contributed by atoms with Crippen molar-refractivity contribution in [1.29, 1.82) is 0 Å². The number of hydrogen-bond donors (Lipinski definition) is 2. The summed E-state index contributed by atoms with van der Waals surface area (Å²) in [6, 6.07) is 7.52. The summed E-state index contributed by atoms with van der Waals surface area (Å²) in [5.74, 6) is -0.596. The quantitative estimate of drug-likeness (QED) is 0.420. The van der Waals surface area contributed by atoms with Gasteiger partial charge >= 0.3 is 0 Å². The molecular weight excluding hydrogens is 470 g/mol. The predicted octanol–water partition coefficient (Wildman–Crippen LogP) is 2.00. The van der Waals surface area contributed by atoms with Gasteiger partial charge in [0.1, 0.15) is 6.04 Å². The first kappa shape index (κ1) is 24.6. The van der Waals surface area contributed by atoms with E-state index in [0.717, 1.165) is 0 Å². The van der Waals surface area contributed by atoms with Crippen LogP contribution in [0.25, 0.3) is 0 Å². The number of carbonyl (C=O) groups excluding carboxylic acids is 4. The number of piperidine rings is 1. The molecule has 2 N–H and O–H groups in total. The first-order valence-corrected chi connectivity index (χ1v) is 11.1. The van der Waals surface area contributed by atoms with Gasteiger partial charge in [-0.25, -0.2) is 0 Å². The van der Waals surface area contributed by atoms with Gasteiger partial charge in [0.2, 0.25) is 17.6 Å². The first-order valence-electron chi connectivity index (χ1n) is 11.1. The van der Waals surface area contributed by atoms with Gasteiger partial charge in [-0.15, -0.1) is 0 Å². The summed E-state index contributed by atoms with van der Waals surface area (Å²) < 4.78 is 16.3. The number of nitrogens with zero attached hydrogens (tertiary/aromatic N) is 3. The Kier molecular flexibility index (Phi) is 7.13. The van der Waals surface area contributed by atoms with E-state index in [-0.39, 0.29) is 49.5 Å². The number of ether oxygens (including phenoxy) is 3. The number of imide groups is 1. The number of carbonyl (C=O) groups is 4. The Balaban J connectivity index is 1.59. The zero-order valence-electron chi connectivity index (χ0n) is 20.0. The Bertz CT molecular complexity index is 1230. The molecule has 1 unspecified atom stereocenters. The fraction of sp³-hybridized carbons (Fsp3) is 0.333. The molecule has 1 atom stereocenters. The average Bonchev–Trinajstić information content (AvgIpc) is 3.22. The van der Waals surface area contributed by atoms with Gasteiger partial charge < -0.3 is 24.4 Å². The Morgan fingerprint density at radius 1 is 1.14 bits per heavy atom. The first-order chi connectivity index (χ1) is 17.4. The number of hydrogen-bond acceptors (Lipinski definition) is 9. The second-order valence-electron chi connectivity index (χ2n) is 8.04. The number of likely N-dealkylation sites (N-methyl/N-ethyl adjacent to an activating group) is 1. The molecule has 4 rings (SSSR count). The molecule has 188 valence electrons. The number of nitrogens with one attached hydrogen (secondary N) is 2. The van der Waals surface area contributed by atoms with Crippen molar-refractivity contribution in [2.75, 3.05) is 27.9 Å². The van der Waals surface area contributed by atoms with Gasteiger partial charge in [-0.1, -0.05) is 6.07 Å². The minimum absolute atomic E-state index is 0.175. The van der Waals surface area contributed by atoms with Crippen molar-refractivity contribution < 1.29 is 33.4 Å². The third-order valence-electron chi connectivity index (χ3n) is 5.90. The van der Waals surface area contributed by atoms with Crippen LogP contribution in [0.3, 0.4) is 0 Å². The lowest BCUT2D eigenvalue weighted by Gasteiger charge is -2.29. The minimum atomic E-state index is -0.719. The summed E-state index contributed by atoms with van der Waals surface area (Å²) >= 11 is 0. The summed E-state index contributed by atoms with van der Waals surface area (Å²) in [6.45, 7) is -0.0491. The molecule has 12 heteroatoms. The van der Waals surface area contributed by atoms with Crippen LogP contribution in [0.1, 0.15) is 28.8 Å². The van der Waals surface area contributed by atoms with E-state index < -0.39 is 11.9 Å². The van der Waals surface area contributed by atoms with E-state index in [9.17, 15) is 19.2 Å². The van der Waals surface area contributed by atoms with Crippen molar-refractivity contribution in [3.05, 3.63) is 41.5 Å². The number of rotatable bonds is 8. The molecule has 2 aromatic carbocycles. The third-order valence-corrected chi connectivity index (χ3v) is 5.90. The minimum Gasteiger partial charge on any atom is -0.493 e. The van der Waals surface area contributed by atoms with E-state index in [0.29, 0.717) is 34.0 Å². The molecular formula is C24H25N5O7. The molecule has 4 amide bonds. The van der Waals surface area contributed by atoms with Crippen LogP contribution in [0.2, 0.25) is 0 Å². The second kappa shape index (κ2) is 10.4. The van der Waals surface area contributed by atoms with E-state index in [1.54, 1.807) is 30.3 Å². The van der Waals surface area contributed by atoms with Crippen LogP contribution in [-0.4, -0.2) is 62.4 Å². The molecule has 2 aliphatic heterocycles. The van der Waals surface area contributed by atoms with Crippen LogP contribution < -0.4 is 24.8 Å². The molecule has 0 aliphatic carbocycles. The Labute approximate surface area is 206 Å². The number of azo groups is 1. The van der Waals surface area contributed by atoms with Crippen molar-refractivity contribution in [2.45, 2.75) is 25.4 Å². The van der Waals surface area contributed by atoms with Crippen molar-refractivity contribution in [1.82, 2.24) is 15.5 Å². The number of amides is 4. The molecule has 0 aromatic heterocycles. The van der Waals surface area contributed by atoms with Gasteiger partial charge in [-0.05, 0) is 18.6 Å². The summed E-state index contributed by atoms with van der Waals surface area (Å²) in [4.78, 5) is 49.8. The van der Waals surface area contributed by atoms with Crippen molar-refractivity contribution >= 4 is 35.0 Å². The molecule has 0 radical (unpaired) electrons. The molecule has 0 saturated carbocycles. The van der Waals surface area contributed by atoms with Crippen LogP contribution >= 0.6 is 0 Å². The van der Waals surface area contributed by atoms with Crippen LogP contribution in [0.4, 0.5) is 11.4 Å². The lowest BCUT2D eigenvalue weighted by atomic mass is 10.0. The number of benzene rings is 2. The molecule has 2 heterocycles. The average molecular weight is 495 g/mol. The maximum atomic E-state index is 13.0. The predicted molar refractivity (Wildman–Crippen MR) is 126 cm³/mol. The molecule has 0 bridgehead atoms. The number of methoxy groups -OCH3 is 2. The highest BCUT2D eigenvalue weighted by atomic mass is 16.5. The largest absolute Gasteiger partial charge is 0.493 e. The van der Waals surface area contributed by atoms with E-state index >= 15 is 0 Å². The lowest BCUT2D eigenvalue weighted by molar-refractivity contribution is -0.137. The van der Waals surface area contributed by atoms with E-state index in [2.05, 4.69) is 20.9 Å². The highest BCUT2D eigenvalue weighted by Gasteiger charge is 2.39. The Morgan fingerprint density at radius 2 is 1.86 bits per heavy atom. The lowest BCUT2D eigenvalue weighted by Crippen LogP contribution is -2.52. The molecule has 1 saturated heterocycles. The van der Waals surface area contributed by atoms with Crippen LogP contribution in [0.5, 0.6) is 17.2 Å². The summed E-state index contributed by atoms with van der Waals surface area (Å²) in [7, 11) is 4.39. The van der Waals surface area contributed by atoms with Gasteiger partial charge in [0.25, 0.3) is 11.8 Å². The van der Waals surface area contributed by atoms with Crippen molar-refractivity contribution in [3.8, 4) is 17.2 Å². The second-order valence-corrected chi connectivity index (χ2v) is 8.04. The summed E-state index contributed by atoms with van der Waals surface area (Å²) in [6.07, 6.45) is 0.449. The Morgan fingerprint density at radius 3 is 2.50 bits per heavy atom. The van der Waals surface area contributed by atoms with E-state index in [1.165, 1.54) is 26.2 Å². The van der Waals surface area contributed by atoms with Crippen LogP contribution in [0, 0.1) is 0 Å². The standard InChI is InChI=1S/C24H25N5O7/c1-25-21(31)12-36-22-18(34-2)9-13(10-19(22)35-3)27-28-16-6-4-5-14-15(16)11-29(24(14)33)17-7-8-20(30)26-23(17)32/h4-6,9-10,17H,7-8,11-12H2,1-3H3,(H,25,31)(H,26,30,32). The molecule has 0 spiro atoms. The molecule has 12 nitrogen and oxygen atoms in total. The van der Waals surface area contributed by atoms with Crippen molar-refractivity contribution in [2.24, 2.45) is 10.2 Å². The van der Waals surface area contributed by atoms with Crippen LogP contribution in [-0.2, 0) is 20.9 Å². The highest BCUT2D eigenvalue weighted by molar-refractivity contribution is 6.06. The van der Waals surface area contributed by atoms with Gasteiger partial charge in [0.15, 0.2) is 18.1 Å². The van der Waals surface area contributed by atoms with Gasteiger partial charge in [-0.3, -0.25) is 24.5 Å². The number of fused-ring (bicyclic) bond motifs is 1. The fourth-order valence-electron chi connectivity index (χ4n) is 4.05. The van der Waals surface area contributed by atoms with Crippen molar-refractivity contribution in [3.63, 3.8) is 0 Å². The maximum absolute atomic E-state index is 13.0. The molecule has 2 aromatic rings. The third kappa shape index (κ3) is 4.83. The normalized spacial score (nSPS) is 17.1.